The van der Waals surface area contributed by atoms with Crippen molar-refractivity contribution in [1.82, 2.24) is 0 Å². The van der Waals surface area contributed by atoms with Gasteiger partial charge in [0.15, 0.2) is 5.75 Å². The largest absolute Gasteiger partial charge is 0.504 e. The summed E-state index contributed by atoms with van der Waals surface area (Å²) in [5, 5.41) is 9.65. The van der Waals surface area contributed by atoms with Gasteiger partial charge >= 0.3 is 0 Å². The Kier molecular flexibility index (Phi) is 5.31. The first-order valence-electron chi connectivity index (χ1n) is 6.49. The Labute approximate surface area is 114 Å². The summed E-state index contributed by atoms with van der Waals surface area (Å²) in [7, 11) is 0. The van der Waals surface area contributed by atoms with Crippen LogP contribution in [0.3, 0.4) is 0 Å². The fraction of sp³-hybridized carbons (Fsp3) is 0.235. The predicted molar refractivity (Wildman–Crippen MR) is 80.6 cm³/mol. The van der Waals surface area contributed by atoms with Crippen molar-refractivity contribution in [3.63, 3.8) is 0 Å². The molecule has 0 saturated carbocycles. The van der Waals surface area contributed by atoms with Crippen LogP contribution in [0.2, 0.25) is 0 Å². The van der Waals surface area contributed by atoms with Gasteiger partial charge in [0.1, 0.15) is 0 Å². The second-order valence-electron chi connectivity index (χ2n) is 4.15. The quantitative estimate of drug-likeness (QED) is 0.835. The lowest BCUT2D eigenvalue weighted by Crippen LogP contribution is -1.95. The minimum atomic E-state index is -0.331. The minimum absolute atomic E-state index is 0.171. The Balaban J connectivity index is 0.000000861. The van der Waals surface area contributed by atoms with Crippen LogP contribution in [0.5, 0.6) is 5.75 Å². The van der Waals surface area contributed by atoms with E-state index in [4.69, 9.17) is 0 Å². The molecule has 1 N–H and O–H groups in total. The van der Waals surface area contributed by atoms with E-state index >= 15 is 0 Å². The van der Waals surface area contributed by atoms with E-state index in [1.165, 1.54) is 6.07 Å². The van der Waals surface area contributed by atoms with Crippen molar-refractivity contribution in [1.29, 1.82) is 0 Å². The van der Waals surface area contributed by atoms with E-state index in [0.717, 1.165) is 16.7 Å². The van der Waals surface area contributed by atoms with Gasteiger partial charge in [-0.05, 0) is 48.2 Å². The van der Waals surface area contributed by atoms with Crippen LogP contribution in [0.25, 0.3) is 11.1 Å². The molecule has 0 radical (unpaired) electrons. The average molecular weight is 256 g/mol. The van der Waals surface area contributed by atoms with Gasteiger partial charge in [-0.2, -0.15) is 0 Å². The first kappa shape index (κ1) is 15.0. The van der Waals surface area contributed by atoms with Crippen molar-refractivity contribution < 1.29 is 5.11 Å². The summed E-state index contributed by atoms with van der Waals surface area (Å²) in [6.07, 6.45) is 0. The zero-order chi connectivity index (χ0) is 14.4. The fourth-order valence-electron chi connectivity index (χ4n) is 1.86. The molecule has 0 aliphatic rings. The molecule has 100 valence electrons. The number of hydrogen-bond acceptors (Lipinski definition) is 2. The lowest BCUT2D eigenvalue weighted by molar-refractivity contribution is 0.467. The molecule has 0 aromatic heterocycles. The molecular formula is C17H20O2. The predicted octanol–water partition coefficient (Wildman–Crippen LogP) is 4.06. The van der Waals surface area contributed by atoms with Crippen LogP contribution in [0, 0.1) is 13.8 Å². The second kappa shape index (κ2) is 6.74. The zero-order valence-corrected chi connectivity index (χ0v) is 11.9. The summed E-state index contributed by atoms with van der Waals surface area (Å²) in [5.74, 6) is -0.171. The molecule has 0 spiro atoms. The Morgan fingerprint density at radius 1 is 0.895 bits per heavy atom. The third-order valence-electron chi connectivity index (χ3n) is 2.82. The number of aryl methyl sites for hydroxylation is 2. The molecular weight excluding hydrogens is 236 g/mol. The highest BCUT2D eigenvalue weighted by atomic mass is 16.3. The topological polar surface area (TPSA) is 37.3 Å². The average Bonchev–Trinajstić information content (AvgIpc) is 2.54. The van der Waals surface area contributed by atoms with E-state index in [0.29, 0.717) is 5.56 Å². The molecule has 0 fully saturated rings. The van der Waals surface area contributed by atoms with Gasteiger partial charge in [-0.3, -0.25) is 4.79 Å². The Morgan fingerprint density at radius 2 is 1.47 bits per heavy atom. The van der Waals surface area contributed by atoms with E-state index in [-0.39, 0.29) is 11.2 Å². The van der Waals surface area contributed by atoms with Crippen molar-refractivity contribution in [2.24, 2.45) is 0 Å². The molecule has 2 aromatic rings. The highest BCUT2D eigenvalue weighted by molar-refractivity contribution is 5.67. The molecule has 19 heavy (non-hydrogen) atoms. The third-order valence-corrected chi connectivity index (χ3v) is 2.82. The Hall–Kier alpha value is -2.09. The summed E-state index contributed by atoms with van der Waals surface area (Å²) in [4.78, 5) is 11.6. The van der Waals surface area contributed by atoms with E-state index in [9.17, 15) is 9.90 Å². The van der Waals surface area contributed by atoms with E-state index in [2.05, 4.69) is 0 Å². The maximum Gasteiger partial charge on any atom is 0.220 e. The number of benzene rings is 1. The van der Waals surface area contributed by atoms with Gasteiger partial charge in [0.2, 0.25) is 5.43 Å². The van der Waals surface area contributed by atoms with Crippen LogP contribution in [0.4, 0.5) is 0 Å². The lowest BCUT2D eigenvalue weighted by atomic mass is 10.0. The van der Waals surface area contributed by atoms with Gasteiger partial charge < -0.3 is 5.11 Å². The molecule has 2 heteroatoms. The van der Waals surface area contributed by atoms with E-state index in [1.54, 1.807) is 6.92 Å². The minimum Gasteiger partial charge on any atom is -0.504 e. The Morgan fingerprint density at radius 3 is 2.05 bits per heavy atom. The van der Waals surface area contributed by atoms with Crippen LogP contribution in [0.1, 0.15) is 25.0 Å². The molecule has 0 aliphatic heterocycles. The van der Waals surface area contributed by atoms with Crippen LogP contribution >= 0.6 is 0 Å². The molecule has 0 saturated heterocycles. The molecule has 2 aromatic carbocycles. The first-order chi connectivity index (χ1) is 9.09. The maximum absolute atomic E-state index is 11.6. The molecule has 0 amide bonds. The Bertz CT molecular complexity index is 602. The summed E-state index contributed by atoms with van der Waals surface area (Å²) >= 11 is 0. The number of aromatic hydroxyl groups is 1. The zero-order valence-electron chi connectivity index (χ0n) is 11.9. The van der Waals surface area contributed by atoms with Crippen molar-refractivity contribution >= 4 is 0 Å². The second-order valence-corrected chi connectivity index (χ2v) is 4.15. The van der Waals surface area contributed by atoms with Gasteiger partial charge in [-0.25, -0.2) is 0 Å². The standard InChI is InChI=1S/C15H14O2.C2H6/c1-10-9-14(16)15(17)11(2)8-13(10)12-6-4-3-5-7-12;1-2/h3-9H,1-2H3,(H,16,17);1-2H3. The lowest BCUT2D eigenvalue weighted by Gasteiger charge is -2.02. The molecule has 0 atom stereocenters. The molecule has 0 bridgehead atoms. The molecule has 2 nitrogen and oxygen atoms in total. The van der Waals surface area contributed by atoms with Crippen LogP contribution in [-0.4, -0.2) is 5.11 Å². The summed E-state index contributed by atoms with van der Waals surface area (Å²) in [6.45, 7) is 7.62. The number of hydrogen-bond donors (Lipinski definition) is 1. The van der Waals surface area contributed by atoms with E-state index in [1.807, 2.05) is 57.2 Å². The maximum atomic E-state index is 11.6. The fourth-order valence-corrected chi connectivity index (χ4v) is 1.86. The van der Waals surface area contributed by atoms with Crippen LogP contribution in [0.15, 0.2) is 47.3 Å². The third kappa shape index (κ3) is 3.44. The molecule has 0 heterocycles. The van der Waals surface area contributed by atoms with Crippen molar-refractivity contribution in [3.05, 3.63) is 63.8 Å². The highest BCUT2D eigenvalue weighted by Crippen LogP contribution is 2.24. The van der Waals surface area contributed by atoms with Gasteiger partial charge in [0.25, 0.3) is 0 Å². The van der Waals surface area contributed by atoms with Gasteiger partial charge in [-0.15, -0.1) is 0 Å². The monoisotopic (exact) mass is 256 g/mol. The van der Waals surface area contributed by atoms with E-state index < -0.39 is 0 Å². The number of rotatable bonds is 1. The van der Waals surface area contributed by atoms with Crippen LogP contribution < -0.4 is 5.43 Å². The SMILES string of the molecule is CC.Cc1cc(=O)c(O)c(C)cc1-c1ccccc1. The molecule has 0 unspecified atom stereocenters. The summed E-state index contributed by atoms with van der Waals surface area (Å²) < 4.78 is 0. The van der Waals surface area contributed by atoms with Crippen molar-refractivity contribution in [2.45, 2.75) is 27.7 Å². The first-order valence-corrected chi connectivity index (χ1v) is 6.49. The van der Waals surface area contributed by atoms with Crippen molar-refractivity contribution in [3.8, 4) is 16.9 Å². The van der Waals surface area contributed by atoms with Gasteiger partial charge in [-0.1, -0.05) is 44.2 Å². The summed E-state index contributed by atoms with van der Waals surface area (Å²) in [5.41, 5.74) is 3.15. The van der Waals surface area contributed by atoms with Crippen molar-refractivity contribution in [2.75, 3.05) is 0 Å². The van der Waals surface area contributed by atoms with Gasteiger partial charge in [0, 0.05) is 0 Å². The molecule has 2 rings (SSSR count). The summed E-state index contributed by atoms with van der Waals surface area (Å²) in [6, 6.07) is 13.2. The normalized spacial score (nSPS) is 9.47. The molecule has 0 aliphatic carbocycles. The highest BCUT2D eigenvalue weighted by Gasteiger charge is 2.06. The van der Waals surface area contributed by atoms with Gasteiger partial charge in [0.05, 0.1) is 0 Å². The smallest absolute Gasteiger partial charge is 0.220 e. The van der Waals surface area contributed by atoms with Crippen LogP contribution in [-0.2, 0) is 0 Å².